The molecule has 1 atom stereocenters. The Kier molecular flexibility index (Phi) is 6.46. The van der Waals surface area contributed by atoms with Gasteiger partial charge in [-0.05, 0) is 47.5 Å². The molecule has 1 aromatic heterocycles. The van der Waals surface area contributed by atoms with Crippen molar-refractivity contribution in [3.63, 3.8) is 0 Å². The highest BCUT2D eigenvalue weighted by atomic mass is 16.5. The van der Waals surface area contributed by atoms with Gasteiger partial charge in [0.25, 0.3) is 5.91 Å². The lowest BCUT2D eigenvalue weighted by molar-refractivity contribution is 0.0943. The summed E-state index contributed by atoms with van der Waals surface area (Å²) in [6.45, 7) is 1.91. The predicted octanol–water partition coefficient (Wildman–Crippen LogP) is 4.49. The molecule has 0 aliphatic rings. The number of carbonyl (C=O) groups is 1. The standard InChI is InChI=1S/C25H23N3O4/c1-17-26-23(28-32-17)16-31-22-14-10-20(11-15-22)25(29)27-24(18-6-4-3-5-7-18)19-8-12-21(30-2)13-9-19/h3-15,24H,16H2,1-2H3,(H,27,29). The summed E-state index contributed by atoms with van der Waals surface area (Å²) < 4.78 is 15.8. The van der Waals surface area contributed by atoms with Gasteiger partial charge in [-0.15, -0.1) is 0 Å². The quantitative estimate of drug-likeness (QED) is 0.444. The van der Waals surface area contributed by atoms with Crippen LogP contribution < -0.4 is 14.8 Å². The van der Waals surface area contributed by atoms with Gasteiger partial charge in [0, 0.05) is 12.5 Å². The molecule has 0 aliphatic carbocycles. The summed E-state index contributed by atoms with van der Waals surface area (Å²) in [6, 6.07) is 24.1. The largest absolute Gasteiger partial charge is 0.497 e. The number of rotatable bonds is 8. The molecule has 7 heteroatoms. The van der Waals surface area contributed by atoms with Gasteiger partial charge in [-0.1, -0.05) is 47.6 Å². The zero-order chi connectivity index (χ0) is 22.3. The second-order valence-electron chi connectivity index (χ2n) is 7.13. The molecule has 0 bridgehead atoms. The fourth-order valence-electron chi connectivity index (χ4n) is 3.27. The summed E-state index contributed by atoms with van der Waals surface area (Å²) in [5.41, 5.74) is 2.48. The Hall–Kier alpha value is -4.13. The zero-order valence-electron chi connectivity index (χ0n) is 17.8. The van der Waals surface area contributed by atoms with Crippen molar-refractivity contribution in [3.05, 3.63) is 107 Å². The Labute approximate surface area is 186 Å². The minimum absolute atomic E-state index is 0.185. The number of ether oxygens (including phenoxy) is 2. The molecule has 162 valence electrons. The van der Waals surface area contributed by atoms with Gasteiger partial charge in [0.2, 0.25) is 11.7 Å². The van der Waals surface area contributed by atoms with Gasteiger partial charge in [-0.2, -0.15) is 4.98 Å². The number of nitrogens with zero attached hydrogens (tertiary/aromatic N) is 2. The molecule has 3 aromatic carbocycles. The summed E-state index contributed by atoms with van der Waals surface area (Å²) in [5, 5.41) is 6.93. The number of hydrogen-bond acceptors (Lipinski definition) is 6. The average molecular weight is 429 g/mol. The third-order valence-electron chi connectivity index (χ3n) is 4.91. The molecule has 0 spiro atoms. The van der Waals surface area contributed by atoms with Crippen LogP contribution in [0.15, 0.2) is 83.4 Å². The van der Waals surface area contributed by atoms with E-state index in [1.165, 1.54) is 0 Å². The highest BCUT2D eigenvalue weighted by Crippen LogP contribution is 2.25. The van der Waals surface area contributed by atoms with E-state index in [0.29, 0.717) is 23.0 Å². The first-order chi connectivity index (χ1) is 15.6. The van der Waals surface area contributed by atoms with Gasteiger partial charge < -0.3 is 19.3 Å². The Morgan fingerprint density at radius 3 is 2.22 bits per heavy atom. The lowest BCUT2D eigenvalue weighted by Gasteiger charge is -2.20. The van der Waals surface area contributed by atoms with Crippen molar-refractivity contribution in [1.29, 1.82) is 0 Å². The number of benzene rings is 3. The average Bonchev–Trinajstić information content (AvgIpc) is 3.27. The second kappa shape index (κ2) is 9.78. The van der Waals surface area contributed by atoms with Crippen LogP contribution >= 0.6 is 0 Å². The van der Waals surface area contributed by atoms with Crippen LogP contribution in [0.25, 0.3) is 0 Å². The fraction of sp³-hybridized carbons (Fsp3) is 0.160. The van der Waals surface area contributed by atoms with Gasteiger partial charge in [-0.3, -0.25) is 4.79 Å². The number of aryl methyl sites for hydroxylation is 1. The highest BCUT2D eigenvalue weighted by molar-refractivity contribution is 5.94. The molecule has 7 nitrogen and oxygen atoms in total. The molecule has 0 saturated carbocycles. The van der Waals surface area contributed by atoms with Crippen molar-refractivity contribution in [2.75, 3.05) is 7.11 Å². The Morgan fingerprint density at radius 1 is 0.938 bits per heavy atom. The van der Waals surface area contributed by atoms with E-state index in [0.717, 1.165) is 16.9 Å². The summed E-state index contributed by atoms with van der Waals surface area (Å²) in [6.07, 6.45) is 0. The van der Waals surface area contributed by atoms with E-state index in [4.69, 9.17) is 14.0 Å². The molecular weight excluding hydrogens is 406 g/mol. The lowest BCUT2D eigenvalue weighted by Crippen LogP contribution is -2.29. The summed E-state index contributed by atoms with van der Waals surface area (Å²) >= 11 is 0. The van der Waals surface area contributed by atoms with Crippen LogP contribution in [0.3, 0.4) is 0 Å². The maximum atomic E-state index is 13.0. The summed E-state index contributed by atoms with van der Waals surface area (Å²) in [4.78, 5) is 17.1. The second-order valence-corrected chi connectivity index (χ2v) is 7.13. The van der Waals surface area contributed by atoms with Crippen molar-refractivity contribution in [2.45, 2.75) is 19.6 Å². The third kappa shape index (κ3) is 5.13. The molecule has 4 rings (SSSR count). The monoisotopic (exact) mass is 429 g/mol. The minimum Gasteiger partial charge on any atom is -0.497 e. The molecule has 0 radical (unpaired) electrons. The molecule has 0 saturated heterocycles. The molecule has 0 fully saturated rings. The number of methoxy groups -OCH3 is 1. The molecule has 32 heavy (non-hydrogen) atoms. The first-order valence-electron chi connectivity index (χ1n) is 10.1. The van der Waals surface area contributed by atoms with Gasteiger partial charge in [0.1, 0.15) is 11.5 Å². The molecular formula is C25H23N3O4. The van der Waals surface area contributed by atoms with Gasteiger partial charge in [0.05, 0.1) is 13.2 Å². The molecule has 1 amide bonds. The minimum atomic E-state index is -0.299. The Balaban J connectivity index is 1.47. The van der Waals surface area contributed by atoms with E-state index >= 15 is 0 Å². The van der Waals surface area contributed by atoms with Crippen LogP contribution in [0.5, 0.6) is 11.5 Å². The lowest BCUT2D eigenvalue weighted by atomic mass is 9.98. The fourth-order valence-corrected chi connectivity index (χ4v) is 3.27. The van der Waals surface area contributed by atoms with Crippen LogP contribution in [-0.2, 0) is 6.61 Å². The van der Waals surface area contributed by atoms with E-state index in [1.54, 1.807) is 38.3 Å². The highest BCUT2D eigenvalue weighted by Gasteiger charge is 2.18. The van der Waals surface area contributed by atoms with Gasteiger partial charge >= 0.3 is 0 Å². The van der Waals surface area contributed by atoms with Crippen molar-refractivity contribution >= 4 is 5.91 Å². The topological polar surface area (TPSA) is 86.5 Å². The van der Waals surface area contributed by atoms with Crippen LogP contribution in [0, 0.1) is 6.92 Å². The third-order valence-corrected chi connectivity index (χ3v) is 4.91. The molecule has 1 heterocycles. The van der Waals surface area contributed by atoms with Crippen molar-refractivity contribution in [2.24, 2.45) is 0 Å². The normalized spacial score (nSPS) is 11.6. The number of amides is 1. The molecule has 1 unspecified atom stereocenters. The van der Waals surface area contributed by atoms with E-state index in [1.807, 2.05) is 54.6 Å². The number of aromatic nitrogens is 2. The molecule has 1 N–H and O–H groups in total. The Bertz CT molecular complexity index is 1160. The maximum absolute atomic E-state index is 13.0. The van der Waals surface area contributed by atoms with Crippen LogP contribution in [0.4, 0.5) is 0 Å². The first-order valence-corrected chi connectivity index (χ1v) is 10.1. The maximum Gasteiger partial charge on any atom is 0.252 e. The first kappa shape index (κ1) is 21.1. The number of hydrogen-bond donors (Lipinski definition) is 1. The SMILES string of the molecule is COc1ccc(C(NC(=O)c2ccc(OCc3noc(C)n3)cc2)c2ccccc2)cc1. The van der Waals surface area contributed by atoms with E-state index in [9.17, 15) is 4.79 Å². The zero-order valence-corrected chi connectivity index (χ0v) is 17.8. The molecule has 0 aliphatic heterocycles. The van der Waals surface area contributed by atoms with Gasteiger partial charge in [-0.25, -0.2) is 0 Å². The van der Waals surface area contributed by atoms with Crippen molar-refractivity contribution < 1.29 is 18.8 Å². The molecule has 4 aromatic rings. The predicted molar refractivity (Wildman–Crippen MR) is 119 cm³/mol. The van der Waals surface area contributed by atoms with E-state index in [-0.39, 0.29) is 18.6 Å². The van der Waals surface area contributed by atoms with Gasteiger partial charge in [0.15, 0.2) is 6.61 Å². The smallest absolute Gasteiger partial charge is 0.252 e. The van der Waals surface area contributed by atoms with Crippen LogP contribution in [-0.4, -0.2) is 23.2 Å². The van der Waals surface area contributed by atoms with E-state index < -0.39 is 0 Å². The van der Waals surface area contributed by atoms with Crippen molar-refractivity contribution in [3.8, 4) is 11.5 Å². The van der Waals surface area contributed by atoms with Crippen molar-refractivity contribution in [1.82, 2.24) is 15.5 Å². The Morgan fingerprint density at radius 2 is 1.59 bits per heavy atom. The number of carbonyl (C=O) groups excluding carboxylic acids is 1. The van der Waals surface area contributed by atoms with Crippen LogP contribution in [0.2, 0.25) is 0 Å². The van der Waals surface area contributed by atoms with Crippen LogP contribution in [0.1, 0.15) is 39.2 Å². The summed E-state index contributed by atoms with van der Waals surface area (Å²) in [7, 11) is 1.63. The summed E-state index contributed by atoms with van der Waals surface area (Å²) in [5.74, 6) is 2.14. The van der Waals surface area contributed by atoms with E-state index in [2.05, 4.69) is 15.5 Å². The number of nitrogens with one attached hydrogen (secondary N) is 1.